The summed E-state index contributed by atoms with van der Waals surface area (Å²) in [5.74, 6) is 0. The average Bonchev–Trinajstić information content (AvgIpc) is 2.76. The van der Waals surface area contributed by atoms with Gasteiger partial charge in [0.05, 0.1) is 4.92 Å². The molecule has 0 atom stereocenters. The van der Waals surface area contributed by atoms with Gasteiger partial charge in [0, 0.05) is 31.5 Å². The first-order valence-electron chi connectivity index (χ1n) is 5.74. The zero-order chi connectivity index (χ0) is 14.7. The van der Waals surface area contributed by atoms with Gasteiger partial charge in [0.25, 0.3) is 5.69 Å². The van der Waals surface area contributed by atoms with Crippen molar-refractivity contribution in [2.75, 3.05) is 5.32 Å². The van der Waals surface area contributed by atoms with Crippen LogP contribution in [0.25, 0.3) is 0 Å². The molecule has 0 amide bonds. The van der Waals surface area contributed by atoms with Crippen molar-refractivity contribution < 1.29 is 4.92 Å². The molecule has 0 fully saturated rings. The molecule has 1 aromatic carbocycles. The molecule has 2 rings (SSSR count). The molecule has 0 aliphatic heterocycles. The maximum absolute atomic E-state index is 10.7. The van der Waals surface area contributed by atoms with Gasteiger partial charge in [-0.2, -0.15) is 5.26 Å². The number of nitro groups is 1. The fraction of sp³-hybridized carbons (Fsp3) is 0.154. The van der Waals surface area contributed by atoms with Crippen LogP contribution in [0.5, 0.6) is 0 Å². The number of hydrogen-bond donors (Lipinski definition) is 1. The fourth-order valence-electron chi connectivity index (χ4n) is 1.81. The molecule has 0 saturated carbocycles. The Morgan fingerprint density at radius 1 is 1.50 bits per heavy atom. The van der Waals surface area contributed by atoms with Crippen molar-refractivity contribution in [2.45, 2.75) is 6.54 Å². The molecule has 0 saturated heterocycles. The minimum atomic E-state index is -0.525. The number of halogens is 1. The van der Waals surface area contributed by atoms with Crippen molar-refractivity contribution >= 4 is 23.0 Å². The summed E-state index contributed by atoms with van der Waals surface area (Å²) < 4.78 is 1.74. The summed E-state index contributed by atoms with van der Waals surface area (Å²) in [6, 6.07) is 8.32. The van der Waals surface area contributed by atoms with Crippen molar-refractivity contribution in [2.24, 2.45) is 7.05 Å². The first-order valence-corrected chi connectivity index (χ1v) is 6.12. The fourth-order valence-corrected chi connectivity index (χ4v) is 2.06. The molecule has 2 aromatic rings. The SMILES string of the molecule is Cn1cc(CNc2ccc([N+](=O)[O-])c(Cl)c2)cc1C#N. The van der Waals surface area contributed by atoms with E-state index in [1.54, 1.807) is 23.7 Å². The van der Waals surface area contributed by atoms with Crippen LogP contribution in [0.1, 0.15) is 11.3 Å². The molecule has 7 heteroatoms. The zero-order valence-electron chi connectivity index (χ0n) is 10.6. The van der Waals surface area contributed by atoms with Gasteiger partial charge >= 0.3 is 0 Å². The highest BCUT2D eigenvalue weighted by Crippen LogP contribution is 2.27. The standard InChI is InChI=1S/C13H11ClN4O2/c1-17-8-9(4-11(17)6-15)7-16-10-2-3-13(18(19)20)12(14)5-10/h2-5,8,16H,7H2,1H3. The number of benzene rings is 1. The number of anilines is 1. The smallest absolute Gasteiger partial charge is 0.288 e. The number of nitrogens with zero attached hydrogens (tertiary/aromatic N) is 3. The Kier molecular flexibility index (Phi) is 3.91. The number of aromatic nitrogens is 1. The largest absolute Gasteiger partial charge is 0.381 e. The molecule has 0 unspecified atom stereocenters. The van der Waals surface area contributed by atoms with Crippen LogP contribution in [-0.2, 0) is 13.6 Å². The van der Waals surface area contributed by atoms with Crippen LogP contribution in [-0.4, -0.2) is 9.49 Å². The second-order valence-electron chi connectivity index (χ2n) is 4.23. The number of nitriles is 1. The van der Waals surface area contributed by atoms with E-state index in [0.717, 1.165) is 5.56 Å². The van der Waals surface area contributed by atoms with Crippen LogP contribution in [0.15, 0.2) is 30.5 Å². The third kappa shape index (κ3) is 2.90. The Morgan fingerprint density at radius 3 is 2.80 bits per heavy atom. The zero-order valence-corrected chi connectivity index (χ0v) is 11.4. The van der Waals surface area contributed by atoms with E-state index >= 15 is 0 Å². The Hall–Kier alpha value is -2.52. The van der Waals surface area contributed by atoms with Crippen molar-refractivity contribution in [3.8, 4) is 6.07 Å². The highest BCUT2D eigenvalue weighted by Gasteiger charge is 2.12. The van der Waals surface area contributed by atoms with E-state index < -0.39 is 4.92 Å². The van der Waals surface area contributed by atoms with E-state index in [-0.39, 0.29) is 10.7 Å². The maximum atomic E-state index is 10.7. The minimum Gasteiger partial charge on any atom is -0.381 e. The quantitative estimate of drug-likeness (QED) is 0.693. The minimum absolute atomic E-state index is 0.0887. The summed E-state index contributed by atoms with van der Waals surface area (Å²) in [5.41, 5.74) is 2.08. The van der Waals surface area contributed by atoms with Gasteiger partial charge < -0.3 is 9.88 Å². The topological polar surface area (TPSA) is 83.9 Å². The Morgan fingerprint density at radius 2 is 2.25 bits per heavy atom. The van der Waals surface area contributed by atoms with Gasteiger partial charge in [0.15, 0.2) is 0 Å². The van der Waals surface area contributed by atoms with E-state index in [0.29, 0.717) is 17.9 Å². The van der Waals surface area contributed by atoms with Crippen LogP contribution in [0.3, 0.4) is 0 Å². The number of rotatable bonds is 4. The number of nitro benzene ring substituents is 1. The van der Waals surface area contributed by atoms with Crippen LogP contribution in [0, 0.1) is 21.4 Å². The lowest BCUT2D eigenvalue weighted by Gasteiger charge is -2.05. The maximum Gasteiger partial charge on any atom is 0.288 e. The van der Waals surface area contributed by atoms with Crippen molar-refractivity contribution in [3.63, 3.8) is 0 Å². The van der Waals surface area contributed by atoms with Crippen LogP contribution in [0.2, 0.25) is 5.02 Å². The molecule has 1 aromatic heterocycles. The summed E-state index contributed by atoms with van der Waals surface area (Å²) in [6.45, 7) is 0.504. The summed E-state index contributed by atoms with van der Waals surface area (Å²) in [7, 11) is 1.80. The number of nitrogens with one attached hydrogen (secondary N) is 1. The van der Waals surface area contributed by atoms with Gasteiger partial charge in [-0.3, -0.25) is 10.1 Å². The van der Waals surface area contributed by atoms with Gasteiger partial charge in [-0.15, -0.1) is 0 Å². The lowest BCUT2D eigenvalue weighted by atomic mass is 10.2. The highest BCUT2D eigenvalue weighted by atomic mass is 35.5. The van der Waals surface area contributed by atoms with Gasteiger partial charge in [-0.25, -0.2) is 0 Å². The van der Waals surface area contributed by atoms with Crippen LogP contribution < -0.4 is 5.32 Å². The Labute approximate surface area is 120 Å². The van der Waals surface area contributed by atoms with Gasteiger partial charge in [-0.1, -0.05) is 11.6 Å². The summed E-state index contributed by atoms with van der Waals surface area (Å²) in [4.78, 5) is 10.1. The molecular weight excluding hydrogens is 280 g/mol. The predicted molar refractivity (Wildman–Crippen MR) is 75.6 cm³/mol. The van der Waals surface area contributed by atoms with E-state index in [4.69, 9.17) is 16.9 Å². The molecule has 0 radical (unpaired) electrons. The van der Waals surface area contributed by atoms with Crippen molar-refractivity contribution in [1.82, 2.24) is 4.57 Å². The third-order valence-corrected chi connectivity index (χ3v) is 3.12. The molecule has 6 nitrogen and oxygen atoms in total. The van der Waals surface area contributed by atoms with E-state index in [2.05, 4.69) is 11.4 Å². The molecule has 1 N–H and O–H groups in total. The monoisotopic (exact) mass is 290 g/mol. The lowest BCUT2D eigenvalue weighted by molar-refractivity contribution is -0.384. The number of hydrogen-bond acceptors (Lipinski definition) is 4. The van der Waals surface area contributed by atoms with E-state index in [9.17, 15) is 10.1 Å². The normalized spacial score (nSPS) is 10.1. The lowest BCUT2D eigenvalue weighted by Crippen LogP contribution is -1.99. The van der Waals surface area contributed by atoms with Crippen LogP contribution in [0.4, 0.5) is 11.4 Å². The molecule has 1 heterocycles. The van der Waals surface area contributed by atoms with Crippen LogP contribution >= 0.6 is 11.6 Å². The second-order valence-corrected chi connectivity index (χ2v) is 4.64. The molecular formula is C13H11ClN4O2. The van der Waals surface area contributed by atoms with Gasteiger partial charge in [0.1, 0.15) is 16.8 Å². The molecule has 0 aliphatic carbocycles. The summed E-state index contributed by atoms with van der Waals surface area (Å²) in [5, 5.41) is 22.7. The van der Waals surface area contributed by atoms with E-state index in [1.807, 2.05) is 6.20 Å². The molecule has 0 aliphatic rings. The van der Waals surface area contributed by atoms with Crippen molar-refractivity contribution in [3.05, 3.63) is 56.9 Å². The molecule has 20 heavy (non-hydrogen) atoms. The predicted octanol–water partition coefficient (Wildman–Crippen LogP) is 3.07. The Bertz CT molecular complexity index is 703. The second kappa shape index (κ2) is 5.63. The first kappa shape index (κ1) is 13.9. The Balaban J connectivity index is 2.09. The molecule has 102 valence electrons. The van der Waals surface area contributed by atoms with Gasteiger partial charge in [0.2, 0.25) is 0 Å². The summed E-state index contributed by atoms with van der Waals surface area (Å²) >= 11 is 5.83. The first-order chi connectivity index (χ1) is 9.51. The average molecular weight is 291 g/mol. The summed E-state index contributed by atoms with van der Waals surface area (Å²) in [6.07, 6.45) is 1.85. The van der Waals surface area contributed by atoms with E-state index in [1.165, 1.54) is 12.1 Å². The van der Waals surface area contributed by atoms with Crippen molar-refractivity contribution in [1.29, 1.82) is 5.26 Å². The van der Waals surface area contributed by atoms with Gasteiger partial charge in [-0.05, 0) is 23.8 Å². The third-order valence-electron chi connectivity index (χ3n) is 2.82. The number of aryl methyl sites for hydroxylation is 1. The molecule has 0 spiro atoms. The molecule has 0 bridgehead atoms. The highest BCUT2D eigenvalue weighted by molar-refractivity contribution is 6.32.